The van der Waals surface area contributed by atoms with Crippen molar-refractivity contribution in [2.45, 2.75) is 179 Å². The first-order chi connectivity index (χ1) is 38.4. The Labute approximate surface area is 501 Å². The van der Waals surface area contributed by atoms with Crippen LogP contribution in [-0.2, 0) is 59.0 Å². The van der Waals surface area contributed by atoms with Gasteiger partial charge in [-0.25, -0.2) is 4.98 Å². The number of pyridine rings is 1. The number of ether oxygens (including phenoxy) is 1. The molecule has 0 fully saturated rings. The average Bonchev–Trinajstić information content (AvgIpc) is 2.79. The third kappa shape index (κ3) is 8.54. The van der Waals surface area contributed by atoms with Gasteiger partial charge in [-0.3, -0.25) is 4.57 Å². The van der Waals surface area contributed by atoms with Crippen molar-refractivity contribution in [1.29, 1.82) is 0 Å². The van der Waals surface area contributed by atoms with Gasteiger partial charge in [0.2, 0.25) is 0 Å². The molecule has 0 bridgehead atoms. The molecule has 5 nitrogen and oxygen atoms in total. The van der Waals surface area contributed by atoms with Gasteiger partial charge in [0.15, 0.2) is 0 Å². The normalized spacial score (nSPS) is 18.6. The molecule has 82 heavy (non-hydrogen) atoms. The summed E-state index contributed by atoms with van der Waals surface area (Å²) in [5, 5.41) is 2.24. The molecule has 14 rings (SSSR count). The predicted octanol–water partition coefficient (Wildman–Crippen LogP) is 19.0. The van der Waals surface area contributed by atoms with Gasteiger partial charge in [0, 0.05) is 44.3 Å². The Morgan fingerprint density at radius 2 is 1.02 bits per heavy atom. The first-order valence-corrected chi connectivity index (χ1v) is 30.0. The molecular formula is C76H78N4OPt-2. The Kier molecular flexibility index (Phi) is 12.5. The molecule has 10 aromatic rings. The minimum Gasteiger partial charge on any atom is -0.510 e. The Bertz CT molecular complexity index is 4050. The van der Waals surface area contributed by atoms with Crippen LogP contribution in [0, 0.1) is 18.5 Å². The Morgan fingerprint density at radius 1 is 0.512 bits per heavy atom. The zero-order valence-corrected chi connectivity index (χ0v) is 52.7. The number of hydrogen-bond donors (Lipinski definition) is 0. The maximum atomic E-state index is 6.83. The zero-order valence-electron chi connectivity index (χ0n) is 50.4. The van der Waals surface area contributed by atoms with Gasteiger partial charge in [-0.05, 0) is 180 Å². The summed E-state index contributed by atoms with van der Waals surface area (Å²) in [6.45, 7) is 31.8. The fraction of sp³-hybridized carbons (Fsp3) is 0.368. The van der Waals surface area contributed by atoms with E-state index in [1.54, 1.807) is 11.1 Å². The van der Waals surface area contributed by atoms with Crippen LogP contribution in [0.5, 0.6) is 11.5 Å². The van der Waals surface area contributed by atoms with E-state index in [0.717, 1.165) is 50.0 Å². The molecular weight excluding hydrogens is 1180 g/mol. The van der Waals surface area contributed by atoms with Crippen molar-refractivity contribution in [2.24, 2.45) is 0 Å². The van der Waals surface area contributed by atoms with E-state index in [-0.39, 0.29) is 59.0 Å². The van der Waals surface area contributed by atoms with Crippen molar-refractivity contribution in [2.75, 3.05) is 0 Å². The Balaban J connectivity index is 0.00000631. The standard InChI is InChI=1S/C76H78N4O.Pt/c1-70(2,3)50-30-39-77-66(44-50)80-62-25-15-14-22-56(62)57-29-28-53(46-65(57)80)81-52-21-18-20-51(45-52)78-47-79(64-27-17-16-26-63(64)78)69-54(48-40-58-67-59(41-48)72(6,7)32-36-75(67,12)35-31-71(58,4)5)23-19-24-55(69)49-42-60-68-61(43-49)74(10,11)34-38-76(68,13)37-33-73(60,8)9;/h14-30,39-44H,31-38H2,1-13H3;/q-2;. The Hall–Kier alpha value is -6.55. The van der Waals surface area contributed by atoms with E-state index < -0.39 is 0 Å². The van der Waals surface area contributed by atoms with Crippen LogP contribution in [0.15, 0.2) is 140 Å². The van der Waals surface area contributed by atoms with Crippen molar-refractivity contribution in [1.82, 2.24) is 14.1 Å². The van der Waals surface area contributed by atoms with Gasteiger partial charge in [-0.15, -0.1) is 29.7 Å². The number of imidazole rings is 1. The topological polar surface area (TPSA) is 35.9 Å². The van der Waals surface area contributed by atoms with Crippen LogP contribution >= 0.6 is 0 Å². The molecule has 0 unspecified atom stereocenters. The number of nitrogens with zero attached hydrogens (tertiary/aromatic N) is 4. The largest absolute Gasteiger partial charge is 0.510 e. The van der Waals surface area contributed by atoms with Crippen LogP contribution in [0.25, 0.3) is 72.3 Å². The minimum absolute atomic E-state index is 0. The monoisotopic (exact) mass is 1260 g/mol. The maximum absolute atomic E-state index is 6.83. The number of hydrogen-bond acceptors (Lipinski definition) is 2. The van der Waals surface area contributed by atoms with Gasteiger partial charge in [-0.2, -0.15) is 18.2 Å². The molecule has 0 saturated carbocycles. The zero-order chi connectivity index (χ0) is 56.4. The van der Waals surface area contributed by atoms with Gasteiger partial charge >= 0.3 is 0 Å². The fourth-order valence-electron chi connectivity index (χ4n) is 15.3. The minimum atomic E-state index is -0.0357. The van der Waals surface area contributed by atoms with E-state index in [9.17, 15) is 0 Å². The molecule has 0 radical (unpaired) electrons. The van der Waals surface area contributed by atoms with E-state index in [0.29, 0.717) is 11.5 Å². The summed E-state index contributed by atoms with van der Waals surface area (Å²) >= 11 is 0. The predicted molar refractivity (Wildman–Crippen MR) is 333 cm³/mol. The summed E-state index contributed by atoms with van der Waals surface area (Å²) in [6.07, 6.45) is 15.6. The average molecular weight is 1260 g/mol. The second kappa shape index (κ2) is 18.7. The van der Waals surface area contributed by atoms with Crippen molar-refractivity contribution in [3.63, 3.8) is 0 Å². The summed E-state index contributed by atoms with van der Waals surface area (Å²) in [4.78, 5) is 4.92. The van der Waals surface area contributed by atoms with Crippen molar-refractivity contribution in [3.05, 3.63) is 197 Å². The summed E-state index contributed by atoms with van der Waals surface area (Å²) < 4.78 is 13.6. The number of benzene rings is 7. The van der Waals surface area contributed by atoms with Crippen molar-refractivity contribution in [3.8, 4) is 50.9 Å². The summed E-state index contributed by atoms with van der Waals surface area (Å²) in [5.41, 5.74) is 22.2. The SMILES string of the molecule is CC(C)(C)c1ccnc(-n2c3[c-]c(Oc4[c-]c(-n5[c-][n+](-c6c(-c7cc8c9c(c7)C(C)(C)CCC9(C)CCC8(C)C)cccc6-c6cc7c8c(c6)C(C)(C)CCC8(C)CCC7(C)C)c6ccccc65)ccc4)ccc3c3ccccc32)c1.[Pt]. The first kappa shape index (κ1) is 54.7. The van der Waals surface area contributed by atoms with Crippen LogP contribution in [0.4, 0.5) is 0 Å². The summed E-state index contributed by atoms with van der Waals surface area (Å²) in [5.74, 6) is 2.06. The second-order valence-electron chi connectivity index (χ2n) is 29.1. The van der Waals surface area contributed by atoms with E-state index in [1.165, 1.54) is 101 Å². The third-order valence-electron chi connectivity index (χ3n) is 20.7. The molecule has 0 saturated heterocycles. The molecule has 4 aliphatic rings. The van der Waals surface area contributed by atoms with E-state index in [2.05, 4.69) is 243 Å². The molecule has 6 heteroatoms. The molecule has 420 valence electrons. The van der Waals surface area contributed by atoms with E-state index >= 15 is 0 Å². The second-order valence-corrected chi connectivity index (χ2v) is 29.1. The van der Waals surface area contributed by atoms with Crippen molar-refractivity contribution < 1.29 is 30.4 Å². The van der Waals surface area contributed by atoms with Gasteiger partial charge in [0.25, 0.3) is 6.33 Å². The van der Waals surface area contributed by atoms with Gasteiger partial charge in [0.05, 0.1) is 16.7 Å². The number of rotatable bonds is 7. The molecule has 3 heterocycles. The molecule has 4 aliphatic carbocycles. The van der Waals surface area contributed by atoms with Crippen LogP contribution in [0.2, 0.25) is 0 Å². The molecule has 0 aliphatic heterocycles. The fourth-order valence-corrected chi connectivity index (χ4v) is 15.3. The van der Waals surface area contributed by atoms with Gasteiger partial charge in [-0.1, -0.05) is 180 Å². The van der Waals surface area contributed by atoms with E-state index in [4.69, 9.17) is 9.72 Å². The summed E-state index contributed by atoms with van der Waals surface area (Å²) in [6, 6.07) is 57.0. The molecule has 0 N–H and O–H groups in total. The van der Waals surface area contributed by atoms with Crippen molar-refractivity contribution >= 4 is 32.8 Å². The molecule has 3 aromatic heterocycles. The van der Waals surface area contributed by atoms with Crippen LogP contribution in [0.3, 0.4) is 0 Å². The quantitative estimate of drug-likeness (QED) is 0.118. The van der Waals surface area contributed by atoms with Gasteiger partial charge < -0.3 is 13.9 Å². The number of para-hydroxylation sites is 4. The summed E-state index contributed by atoms with van der Waals surface area (Å²) in [7, 11) is 0. The van der Waals surface area contributed by atoms with Crippen LogP contribution in [0.1, 0.15) is 180 Å². The molecule has 0 amide bonds. The first-order valence-electron chi connectivity index (χ1n) is 30.0. The van der Waals surface area contributed by atoms with Crippen LogP contribution in [-0.4, -0.2) is 14.1 Å². The Morgan fingerprint density at radius 3 is 1.59 bits per heavy atom. The number of fused-ring (bicyclic) bond motifs is 4. The third-order valence-corrected chi connectivity index (χ3v) is 20.7. The van der Waals surface area contributed by atoms with Gasteiger partial charge in [0.1, 0.15) is 5.82 Å². The van der Waals surface area contributed by atoms with Crippen LogP contribution < -0.4 is 9.30 Å². The van der Waals surface area contributed by atoms with E-state index in [1.807, 2.05) is 18.3 Å². The molecule has 0 atom stereocenters. The number of aromatic nitrogens is 4. The maximum Gasteiger partial charge on any atom is 0.268 e. The smallest absolute Gasteiger partial charge is 0.268 e. The molecule has 7 aromatic carbocycles. The molecule has 0 spiro atoms.